The molecule has 1 fully saturated rings. The van der Waals surface area contributed by atoms with Crippen LogP contribution in [0.25, 0.3) is 0 Å². The molecule has 0 bridgehead atoms. The van der Waals surface area contributed by atoms with E-state index in [4.69, 9.17) is 5.11 Å². The zero-order chi connectivity index (χ0) is 8.93. The van der Waals surface area contributed by atoms with Gasteiger partial charge in [-0.15, -0.1) is 0 Å². The lowest BCUT2D eigenvalue weighted by Crippen LogP contribution is -2.50. The summed E-state index contributed by atoms with van der Waals surface area (Å²) in [5, 5.41) is 27.5. The molecule has 3 N–H and O–H groups in total. The second-order valence-corrected chi connectivity index (χ2v) is 3.50. The summed E-state index contributed by atoms with van der Waals surface area (Å²) in [5.41, 5.74) is -2.06. The number of aliphatic hydroxyl groups is 2. The van der Waals surface area contributed by atoms with E-state index in [0.717, 1.165) is 6.42 Å². The van der Waals surface area contributed by atoms with Crippen LogP contribution in [0.2, 0.25) is 0 Å². The van der Waals surface area contributed by atoms with E-state index in [1.165, 1.54) is 6.08 Å². The van der Waals surface area contributed by atoms with E-state index in [1.807, 2.05) is 0 Å². The summed E-state index contributed by atoms with van der Waals surface area (Å²) in [6, 6.07) is 0. The Morgan fingerprint density at radius 2 is 2.25 bits per heavy atom. The topological polar surface area (TPSA) is 77.8 Å². The summed E-state index contributed by atoms with van der Waals surface area (Å²) in [4.78, 5) is 10.6. The number of aliphatic hydroxyl groups excluding tert-OH is 1. The Morgan fingerprint density at radius 1 is 1.58 bits per heavy atom. The fourth-order valence-corrected chi connectivity index (χ4v) is 1.71. The van der Waals surface area contributed by atoms with Crippen LogP contribution in [-0.4, -0.2) is 33.0 Å². The van der Waals surface area contributed by atoms with Gasteiger partial charge >= 0.3 is 5.97 Å². The van der Waals surface area contributed by atoms with E-state index in [2.05, 4.69) is 0 Å². The molecule has 4 atom stereocenters. The van der Waals surface area contributed by atoms with Crippen molar-refractivity contribution in [1.29, 1.82) is 0 Å². The van der Waals surface area contributed by atoms with Crippen LogP contribution < -0.4 is 0 Å². The van der Waals surface area contributed by atoms with Gasteiger partial charge in [-0.25, -0.2) is 4.79 Å². The van der Waals surface area contributed by atoms with E-state index >= 15 is 0 Å². The van der Waals surface area contributed by atoms with Gasteiger partial charge in [0.1, 0.15) is 6.10 Å². The van der Waals surface area contributed by atoms with Gasteiger partial charge in [0.2, 0.25) is 5.60 Å². The first-order valence-corrected chi connectivity index (χ1v) is 3.89. The van der Waals surface area contributed by atoms with Crippen molar-refractivity contribution >= 4 is 5.97 Å². The molecule has 0 aliphatic heterocycles. The molecular formula is C8H10O4. The molecule has 0 spiro atoms. The molecule has 0 saturated heterocycles. The molecule has 2 aliphatic rings. The van der Waals surface area contributed by atoms with Gasteiger partial charge in [-0.05, 0) is 24.3 Å². The molecule has 0 aromatic rings. The minimum atomic E-state index is -2.06. The predicted molar refractivity (Wildman–Crippen MR) is 39.3 cm³/mol. The molecule has 12 heavy (non-hydrogen) atoms. The first-order chi connectivity index (χ1) is 5.55. The molecule has 0 unspecified atom stereocenters. The lowest BCUT2D eigenvalue weighted by molar-refractivity contribution is -0.165. The smallest absolute Gasteiger partial charge is 0.342 e. The van der Waals surface area contributed by atoms with Crippen LogP contribution in [-0.2, 0) is 4.79 Å². The fourth-order valence-electron chi connectivity index (χ4n) is 1.71. The van der Waals surface area contributed by atoms with Gasteiger partial charge in [0, 0.05) is 0 Å². The Balaban J connectivity index is 2.31. The number of hydrogen-bond donors (Lipinski definition) is 3. The van der Waals surface area contributed by atoms with Crippen LogP contribution in [0.3, 0.4) is 0 Å². The summed E-state index contributed by atoms with van der Waals surface area (Å²) in [6.45, 7) is 0. The standard InChI is InChI=1S/C8H10O4/c9-6-5-3-4(5)1-2-8(6,12)7(10)11/h1-2,4-6,9,12H,3H2,(H,10,11)/t4-,5+,6+,8-/m0/s1. The number of hydrogen-bond acceptors (Lipinski definition) is 3. The number of carboxylic acid groups (broad SMARTS) is 1. The van der Waals surface area contributed by atoms with Crippen molar-refractivity contribution < 1.29 is 20.1 Å². The fraction of sp³-hybridized carbons (Fsp3) is 0.625. The van der Waals surface area contributed by atoms with Gasteiger partial charge in [0.05, 0.1) is 0 Å². The van der Waals surface area contributed by atoms with Crippen molar-refractivity contribution in [1.82, 2.24) is 0 Å². The molecule has 4 nitrogen and oxygen atoms in total. The molecule has 0 heterocycles. The Morgan fingerprint density at radius 3 is 2.83 bits per heavy atom. The zero-order valence-corrected chi connectivity index (χ0v) is 6.34. The number of allylic oxidation sites excluding steroid dienone is 1. The molecule has 0 amide bonds. The molecule has 1 saturated carbocycles. The molecular weight excluding hydrogens is 160 g/mol. The second-order valence-electron chi connectivity index (χ2n) is 3.50. The van der Waals surface area contributed by atoms with Gasteiger partial charge in [-0.1, -0.05) is 6.08 Å². The molecule has 2 rings (SSSR count). The molecule has 0 aromatic carbocycles. The quantitative estimate of drug-likeness (QED) is 0.458. The van der Waals surface area contributed by atoms with E-state index in [1.54, 1.807) is 6.08 Å². The van der Waals surface area contributed by atoms with E-state index < -0.39 is 17.7 Å². The molecule has 4 heteroatoms. The third-order valence-corrected chi connectivity index (χ3v) is 2.69. The first-order valence-electron chi connectivity index (χ1n) is 3.89. The monoisotopic (exact) mass is 170 g/mol. The highest BCUT2D eigenvalue weighted by molar-refractivity contribution is 5.81. The Labute approximate surface area is 69.1 Å². The maximum absolute atomic E-state index is 10.6. The maximum atomic E-state index is 10.6. The van der Waals surface area contributed by atoms with Crippen LogP contribution in [0.4, 0.5) is 0 Å². The normalized spacial score (nSPS) is 50.0. The van der Waals surface area contributed by atoms with Crippen molar-refractivity contribution in [2.24, 2.45) is 11.8 Å². The highest BCUT2D eigenvalue weighted by Crippen LogP contribution is 2.49. The van der Waals surface area contributed by atoms with Crippen LogP contribution in [0, 0.1) is 11.8 Å². The van der Waals surface area contributed by atoms with Gasteiger partial charge in [-0.3, -0.25) is 0 Å². The van der Waals surface area contributed by atoms with E-state index in [9.17, 15) is 15.0 Å². The molecule has 2 aliphatic carbocycles. The lowest BCUT2D eigenvalue weighted by atomic mass is 9.88. The summed E-state index contributed by atoms with van der Waals surface area (Å²) >= 11 is 0. The van der Waals surface area contributed by atoms with Crippen LogP contribution in [0.15, 0.2) is 12.2 Å². The van der Waals surface area contributed by atoms with Gasteiger partial charge in [0.15, 0.2) is 0 Å². The van der Waals surface area contributed by atoms with E-state index in [-0.39, 0.29) is 11.8 Å². The largest absolute Gasteiger partial charge is 0.479 e. The van der Waals surface area contributed by atoms with Gasteiger partial charge in [-0.2, -0.15) is 0 Å². The van der Waals surface area contributed by atoms with Crippen LogP contribution in [0.1, 0.15) is 6.42 Å². The summed E-state index contributed by atoms with van der Waals surface area (Å²) < 4.78 is 0. The summed E-state index contributed by atoms with van der Waals surface area (Å²) in [7, 11) is 0. The maximum Gasteiger partial charge on any atom is 0.342 e. The third-order valence-electron chi connectivity index (χ3n) is 2.69. The minimum absolute atomic E-state index is 0.0592. The van der Waals surface area contributed by atoms with Gasteiger partial charge in [0.25, 0.3) is 0 Å². The SMILES string of the molecule is O=C(O)[C@]1(O)C=C[C@H]2C[C@H]2[C@H]1O. The van der Waals surface area contributed by atoms with Crippen LogP contribution >= 0.6 is 0 Å². The Bertz CT molecular complexity index is 260. The average Bonchev–Trinajstić information content (AvgIpc) is 2.76. The first kappa shape index (κ1) is 7.76. The third kappa shape index (κ3) is 0.820. The summed E-state index contributed by atoms with van der Waals surface area (Å²) in [5.74, 6) is -1.16. The van der Waals surface area contributed by atoms with Crippen LogP contribution in [0.5, 0.6) is 0 Å². The Kier molecular flexibility index (Phi) is 1.35. The lowest BCUT2D eigenvalue weighted by Gasteiger charge is -2.28. The average molecular weight is 170 g/mol. The van der Waals surface area contributed by atoms with Gasteiger partial charge < -0.3 is 15.3 Å². The number of aliphatic carboxylic acids is 1. The minimum Gasteiger partial charge on any atom is -0.479 e. The predicted octanol–water partition coefficient (Wildman–Crippen LogP) is -0.631. The van der Waals surface area contributed by atoms with Crippen molar-refractivity contribution in [2.75, 3.05) is 0 Å². The zero-order valence-electron chi connectivity index (χ0n) is 6.34. The number of carboxylic acids is 1. The molecule has 0 radical (unpaired) electrons. The van der Waals surface area contributed by atoms with Crippen molar-refractivity contribution in [3.63, 3.8) is 0 Å². The van der Waals surface area contributed by atoms with E-state index in [0.29, 0.717) is 0 Å². The van der Waals surface area contributed by atoms with Crippen molar-refractivity contribution in [3.8, 4) is 0 Å². The Hall–Kier alpha value is -0.870. The molecule has 66 valence electrons. The highest BCUT2D eigenvalue weighted by atomic mass is 16.4. The number of carbonyl (C=O) groups is 1. The number of rotatable bonds is 1. The van der Waals surface area contributed by atoms with Crippen molar-refractivity contribution in [2.45, 2.75) is 18.1 Å². The molecule has 0 aromatic heterocycles. The number of fused-ring (bicyclic) bond motifs is 1. The second kappa shape index (κ2) is 2.08. The highest BCUT2D eigenvalue weighted by Gasteiger charge is 2.56. The van der Waals surface area contributed by atoms with Crippen molar-refractivity contribution in [3.05, 3.63) is 12.2 Å². The summed E-state index contributed by atoms with van der Waals surface area (Å²) in [6.07, 6.45) is 2.50.